The summed E-state index contributed by atoms with van der Waals surface area (Å²) in [7, 11) is 0. The van der Waals surface area contributed by atoms with Crippen molar-refractivity contribution in [1.82, 2.24) is 10.2 Å². The predicted molar refractivity (Wildman–Crippen MR) is 115 cm³/mol. The largest absolute Gasteiger partial charge is 0.350 e. The van der Waals surface area contributed by atoms with Gasteiger partial charge in [-0.25, -0.2) is 4.39 Å². The Hall–Kier alpha value is -3.45. The number of carbonyl (C=O) groups is 3. The minimum absolute atomic E-state index is 0.0403. The second-order valence-corrected chi connectivity index (χ2v) is 7.67. The fourth-order valence-corrected chi connectivity index (χ4v) is 4.00. The van der Waals surface area contributed by atoms with Crippen molar-refractivity contribution < 1.29 is 18.8 Å². The highest BCUT2D eigenvalue weighted by Crippen LogP contribution is 2.32. The van der Waals surface area contributed by atoms with Gasteiger partial charge in [0.15, 0.2) is 0 Å². The monoisotopic (exact) mass is 420 g/mol. The molecule has 3 aromatic carbocycles. The van der Waals surface area contributed by atoms with Crippen LogP contribution in [0.2, 0.25) is 0 Å². The number of thioether (sulfide) groups is 1. The lowest BCUT2D eigenvalue weighted by atomic mass is 10.1. The summed E-state index contributed by atoms with van der Waals surface area (Å²) in [5, 5.41) is 4.28. The van der Waals surface area contributed by atoms with Crippen molar-refractivity contribution in [2.24, 2.45) is 0 Å². The van der Waals surface area contributed by atoms with Crippen molar-refractivity contribution in [2.75, 3.05) is 13.1 Å². The van der Waals surface area contributed by atoms with Crippen LogP contribution < -0.4 is 5.32 Å². The Morgan fingerprint density at radius 2 is 1.73 bits per heavy atom. The van der Waals surface area contributed by atoms with Crippen molar-refractivity contribution in [3.63, 3.8) is 0 Å². The summed E-state index contributed by atoms with van der Waals surface area (Å²) in [6, 6.07) is 19.1. The molecule has 0 bridgehead atoms. The van der Waals surface area contributed by atoms with E-state index in [1.165, 1.54) is 18.2 Å². The summed E-state index contributed by atoms with van der Waals surface area (Å²) in [5.74, 6) is -1.24. The highest BCUT2D eigenvalue weighted by molar-refractivity contribution is 8.18. The number of fused-ring (bicyclic) bond motifs is 1. The summed E-state index contributed by atoms with van der Waals surface area (Å²) in [4.78, 5) is 38.3. The fourth-order valence-electron chi connectivity index (χ4n) is 3.14. The maximum Gasteiger partial charge on any atom is 0.293 e. The second kappa shape index (κ2) is 8.51. The summed E-state index contributed by atoms with van der Waals surface area (Å²) < 4.78 is 13.8. The molecular weight excluding hydrogens is 403 g/mol. The lowest BCUT2D eigenvalue weighted by Crippen LogP contribution is -2.37. The van der Waals surface area contributed by atoms with Crippen LogP contribution in [0.15, 0.2) is 71.6 Å². The van der Waals surface area contributed by atoms with E-state index in [9.17, 15) is 18.8 Å². The topological polar surface area (TPSA) is 66.5 Å². The molecule has 3 amide bonds. The van der Waals surface area contributed by atoms with Crippen LogP contribution >= 0.6 is 11.8 Å². The normalized spacial score (nSPS) is 15.2. The molecule has 0 saturated carbocycles. The van der Waals surface area contributed by atoms with Crippen LogP contribution in [0.4, 0.5) is 9.18 Å². The van der Waals surface area contributed by atoms with Gasteiger partial charge in [0.05, 0.1) is 4.91 Å². The standard InChI is InChI=1S/C23H17FN2O3S/c24-19-8-4-3-7-17(19)14-20-22(28)26(23(29)30-20)12-11-25-21(27)18-10-9-15-5-1-2-6-16(15)13-18/h1-10,13-14H,11-12H2,(H,25,27)/b20-14-. The molecule has 1 N–H and O–H groups in total. The molecular formula is C23H17FN2O3S. The second-order valence-electron chi connectivity index (χ2n) is 6.67. The van der Waals surface area contributed by atoms with E-state index < -0.39 is 17.0 Å². The number of halogens is 1. The van der Waals surface area contributed by atoms with Gasteiger partial charge in [0.1, 0.15) is 5.82 Å². The van der Waals surface area contributed by atoms with E-state index in [1.54, 1.807) is 24.3 Å². The minimum Gasteiger partial charge on any atom is -0.350 e. The van der Waals surface area contributed by atoms with Crippen LogP contribution in [0.3, 0.4) is 0 Å². The molecule has 0 aromatic heterocycles. The molecule has 0 atom stereocenters. The molecule has 1 heterocycles. The Balaban J connectivity index is 1.38. The number of rotatable bonds is 5. The van der Waals surface area contributed by atoms with Gasteiger partial charge in [0.2, 0.25) is 0 Å². The molecule has 0 unspecified atom stereocenters. The number of carbonyl (C=O) groups excluding carboxylic acids is 3. The Morgan fingerprint density at radius 3 is 2.53 bits per heavy atom. The fraction of sp³-hybridized carbons (Fsp3) is 0.0870. The van der Waals surface area contributed by atoms with E-state index in [0.29, 0.717) is 5.56 Å². The van der Waals surface area contributed by atoms with Crippen LogP contribution in [0.5, 0.6) is 0 Å². The summed E-state index contributed by atoms with van der Waals surface area (Å²) in [6.45, 7) is 0.162. The number of imide groups is 1. The van der Waals surface area contributed by atoms with E-state index in [4.69, 9.17) is 0 Å². The number of amides is 3. The molecule has 7 heteroatoms. The highest BCUT2D eigenvalue weighted by atomic mass is 32.2. The van der Waals surface area contributed by atoms with Gasteiger partial charge in [0, 0.05) is 24.2 Å². The van der Waals surface area contributed by atoms with E-state index in [2.05, 4.69) is 5.32 Å². The molecule has 3 aromatic rings. The van der Waals surface area contributed by atoms with Crippen molar-refractivity contribution in [3.05, 3.63) is 88.6 Å². The van der Waals surface area contributed by atoms with Crippen LogP contribution in [-0.2, 0) is 4.79 Å². The number of benzene rings is 3. The Labute approximate surface area is 176 Å². The third kappa shape index (κ3) is 4.11. The van der Waals surface area contributed by atoms with Gasteiger partial charge in [-0.15, -0.1) is 0 Å². The predicted octanol–water partition coefficient (Wildman–Crippen LogP) is 4.45. The Bertz CT molecular complexity index is 1190. The van der Waals surface area contributed by atoms with Crippen LogP contribution in [0.25, 0.3) is 16.8 Å². The van der Waals surface area contributed by atoms with Gasteiger partial charge in [-0.3, -0.25) is 19.3 Å². The SMILES string of the molecule is O=C(NCCN1C(=O)S/C(=C\c2ccccc2F)C1=O)c1ccc2ccccc2c1. The average Bonchev–Trinajstić information content (AvgIpc) is 3.02. The van der Waals surface area contributed by atoms with Gasteiger partial charge < -0.3 is 5.32 Å². The number of nitrogens with zero attached hydrogens (tertiary/aromatic N) is 1. The van der Waals surface area contributed by atoms with E-state index >= 15 is 0 Å². The quantitative estimate of drug-likeness (QED) is 0.620. The Kier molecular flexibility index (Phi) is 5.63. The lowest BCUT2D eigenvalue weighted by molar-refractivity contribution is -0.122. The number of hydrogen-bond acceptors (Lipinski definition) is 4. The molecule has 30 heavy (non-hydrogen) atoms. The molecule has 1 aliphatic heterocycles. The first kappa shape index (κ1) is 19.8. The summed E-state index contributed by atoms with van der Waals surface area (Å²) in [6.07, 6.45) is 1.37. The van der Waals surface area contributed by atoms with Crippen LogP contribution in [-0.4, -0.2) is 35.0 Å². The van der Waals surface area contributed by atoms with Crippen molar-refractivity contribution in [2.45, 2.75) is 0 Å². The third-order valence-electron chi connectivity index (χ3n) is 4.70. The maximum absolute atomic E-state index is 13.8. The molecule has 1 fully saturated rings. The number of nitrogens with one attached hydrogen (secondary N) is 1. The summed E-state index contributed by atoms with van der Waals surface area (Å²) >= 11 is 0.761. The van der Waals surface area contributed by atoms with Crippen molar-refractivity contribution in [1.29, 1.82) is 0 Å². The third-order valence-corrected chi connectivity index (χ3v) is 5.61. The van der Waals surface area contributed by atoms with E-state index in [0.717, 1.165) is 27.4 Å². The molecule has 1 aliphatic rings. The molecule has 4 rings (SSSR count). The van der Waals surface area contributed by atoms with Gasteiger partial charge in [0.25, 0.3) is 17.1 Å². The smallest absolute Gasteiger partial charge is 0.293 e. The maximum atomic E-state index is 13.8. The zero-order valence-corrected chi connectivity index (χ0v) is 16.6. The molecule has 5 nitrogen and oxygen atoms in total. The molecule has 0 radical (unpaired) electrons. The molecule has 150 valence electrons. The van der Waals surface area contributed by atoms with E-state index in [1.807, 2.05) is 30.3 Å². The van der Waals surface area contributed by atoms with Gasteiger partial charge >= 0.3 is 0 Å². The molecule has 0 aliphatic carbocycles. The zero-order chi connectivity index (χ0) is 21.1. The van der Waals surface area contributed by atoms with Crippen LogP contribution in [0.1, 0.15) is 15.9 Å². The lowest BCUT2D eigenvalue weighted by Gasteiger charge is -2.13. The van der Waals surface area contributed by atoms with Gasteiger partial charge in [-0.1, -0.05) is 48.5 Å². The zero-order valence-electron chi connectivity index (χ0n) is 15.8. The van der Waals surface area contributed by atoms with Gasteiger partial charge in [-0.2, -0.15) is 0 Å². The Morgan fingerprint density at radius 1 is 1.00 bits per heavy atom. The highest BCUT2D eigenvalue weighted by Gasteiger charge is 2.34. The number of hydrogen-bond donors (Lipinski definition) is 1. The first-order valence-electron chi connectivity index (χ1n) is 9.30. The van der Waals surface area contributed by atoms with E-state index in [-0.39, 0.29) is 29.5 Å². The molecule has 1 saturated heterocycles. The van der Waals surface area contributed by atoms with Gasteiger partial charge in [-0.05, 0) is 46.8 Å². The average molecular weight is 420 g/mol. The first-order valence-corrected chi connectivity index (χ1v) is 10.1. The van der Waals surface area contributed by atoms with Crippen molar-refractivity contribution >= 4 is 45.7 Å². The first-order chi connectivity index (χ1) is 14.5. The van der Waals surface area contributed by atoms with Crippen LogP contribution in [0, 0.1) is 5.82 Å². The minimum atomic E-state index is -0.492. The summed E-state index contributed by atoms with van der Waals surface area (Å²) in [5.41, 5.74) is 0.745. The molecule has 0 spiro atoms. The van der Waals surface area contributed by atoms with Crippen molar-refractivity contribution in [3.8, 4) is 0 Å².